The van der Waals surface area contributed by atoms with E-state index in [9.17, 15) is 25.2 Å². The molecule has 0 aromatic carbocycles. The van der Waals surface area contributed by atoms with E-state index in [1.54, 1.807) is 0 Å². The summed E-state index contributed by atoms with van der Waals surface area (Å²) in [5.74, 6) is -0.592. The van der Waals surface area contributed by atoms with Crippen molar-refractivity contribution in [1.29, 1.82) is 0 Å². The third kappa shape index (κ3) is 62.9. The van der Waals surface area contributed by atoms with Gasteiger partial charge in [-0.05, 0) is 64.2 Å². The van der Waals surface area contributed by atoms with Crippen LogP contribution >= 0.6 is 0 Å². The smallest absolute Gasteiger partial charge is 0.249 e. The number of nitrogens with one attached hydrogen (secondary N) is 1. The number of carbonyl (C=O) groups excluding carboxylic acids is 1. The van der Waals surface area contributed by atoms with Gasteiger partial charge in [-0.2, -0.15) is 0 Å². The van der Waals surface area contributed by atoms with E-state index in [1.165, 1.54) is 321 Å². The predicted octanol–water partition coefficient (Wildman–Crippen LogP) is 23.1. The molecule has 6 nitrogen and oxygen atoms in total. The first kappa shape index (κ1) is 79.5. The van der Waals surface area contributed by atoms with Crippen molar-refractivity contribution in [2.45, 2.75) is 430 Å². The second-order valence-electron chi connectivity index (χ2n) is 25.6. The lowest BCUT2D eigenvalue weighted by atomic mass is 10.00. The number of hydrogen-bond acceptors (Lipinski definition) is 5. The number of allylic oxidation sites excluding steroid dienone is 6. The van der Waals surface area contributed by atoms with Gasteiger partial charge in [0.25, 0.3) is 0 Å². The standard InChI is InChI=1S/C75H145NO5/c1-3-5-7-9-11-13-15-17-19-21-23-25-27-29-31-32-33-34-35-36-37-38-39-40-41-43-45-47-49-51-53-55-57-59-61-63-65-67-69-73(79)75(81)76-71(70-77)74(80)72(78)68-66-64-62-60-58-56-54-52-50-48-46-44-42-30-28-26-24-22-20-18-16-14-12-10-8-6-4-2/h44,46,52,54,60,62,71-74,77-80H,3-43,45,47-51,53,55-59,61,63-70H2,1-2H3,(H,76,81)/b46-44+,54-52+,62-60+. The molecule has 0 spiro atoms. The van der Waals surface area contributed by atoms with Gasteiger partial charge in [0.1, 0.15) is 12.2 Å². The third-order valence-electron chi connectivity index (χ3n) is 17.6. The fourth-order valence-electron chi connectivity index (χ4n) is 11.9. The maximum Gasteiger partial charge on any atom is 0.249 e. The van der Waals surface area contributed by atoms with Gasteiger partial charge in [0.2, 0.25) is 5.91 Å². The molecule has 0 aliphatic carbocycles. The molecule has 1 amide bonds. The zero-order valence-corrected chi connectivity index (χ0v) is 54.8. The second kappa shape index (κ2) is 69.3. The monoisotopic (exact) mass is 1140 g/mol. The molecule has 0 aliphatic heterocycles. The molecule has 4 unspecified atom stereocenters. The highest BCUT2D eigenvalue weighted by molar-refractivity contribution is 5.80. The van der Waals surface area contributed by atoms with Crippen LogP contribution in [0.1, 0.15) is 406 Å². The quantitative estimate of drug-likeness (QED) is 0.0308. The Morgan fingerprint density at radius 3 is 0.778 bits per heavy atom. The number of carbonyl (C=O) groups is 1. The molecule has 0 aromatic heterocycles. The molecule has 6 heteroatoms. The van der Waals surface area contributed by atoms with E-state index in [0.29, 0.717) is 19.3 Å². The average molecular weight is 1140 g/mol. The fraction of sp³-hybridized carbons (Fsp3) is 0.907. The molecule has 0 saturated heterocycles. The summed E-state index contributed by atoms with van der Waals surface area (Å²) in [6.07, 6.45) is 90.1. The van der Waals surface area contributed by atoms with Crippen LogP contribution in [0.2, 0.25) is 0 Å². The van der Waals surface area contributed by atoms with Crippen molar-refractivity contribution in [2.75, 3.05) is 6.61 Å². The first-order valence-corrected chi connectivity index (χ1v) is 36.9. The Kier molecular flexibility index (Phi) is 68.0. The summed E-state index contributed by atoms with van der Waals surface area (Å²) in [6.45, 7) is 4.09. The number of amides is 1. The highest BCUT2D eigenvalue weighted by atomic mass is 16.3. The number of rotatable bonds is 69. The summed E-state index contributed by atoms with van der Waals surface area (Å²) >= 11 is 0. The molecule has 480 valence electrons. The van der Waals surface area contributed by atoms with Gasteiger partial charge in [-0.3, -0.25) is 4.79 Å². The summed E-state index contributed by atoms with van der Waals surface area (Å²) in [5.41, 5.74) is 0. The van der Waals surface area contributed by atoms with Crippen molar-refractivity contribution < 1.29 is 25.2 Å². The molecule has 81 heavy (non-hydrogen) atoms. The number of aliphatic hydroxyl groups is 4. The van der Waals surface area contributed by atoms with Crippen molar-refractivity contribution in [1.82, 2.24) is 5.32 Å². The molecular weight excluding hydrogens is 995 g/mol. The Bertz CT molecular complexity index is 1280. The molecule has 5 N–H and O–H groups in total. The summed E-state index contributed by atoms with van der Waals surface area (Å²) in [7, 11) is 0. The topological polar surface area (TPSA) is 110 Å². The van der Waals surface area contributed by atoms with E-state index < -0.39 is 36.9 Å². The van der Waals surface area contributed by atoms with Crippen LogP contribution < -0.4 is 5.32 Å². The maximum absolute atomic E-state index is 12.7. The van der Waals surface area contributed by atoms with Crippen molar-refractivity contribution in [2.24, 2.45) is 0 Å². The minimum absolute atomic E-state index is 0.362. The molecule has 0 bridgehead atoms. The van der Waals surface area contributed by atoms with Gasteiger partial charge < -0.3 is 25.7 Å². The van der Waals surface area contributed by atoms with Gasteiger partial charge in [0.05, 0.1) is 18.8 Å². The van der Waals surface area contributed by atoms with Crippen LogP contribution in [-0.4, -0.2) is 57.3 Å². The summed E-state index contributed by atoms with van der Waals surface area (Å²) in [4.78, 5) is 12.7. The van der Waals surface area contributed by atoms with Crippen LogP contribution in [0.4, 0.5) is 0 Å². The van der Waals surface area contributed by atoms with E-state index in [1.807, 2.05) is 0 Å². The Morgan fingerprint density at radius 2 is 0.519 bits per heavy atom. The van der Waals surface area contributed by atoms with Crippen LogP contribution in [0.5, 0.6) is 0 Å². The first-order chi connectivity index (χ1) is 40.0. The zero-order valence-electron chi connectivity index (χ0n) is 54.8. The van der Waals surface area contributed by atoms with Gasteiger partial charge >= 0.3 is 0 Å². The van der Waals surface area contributed by atoms with Crippen molar-refractivity contribution in [3.8, 4) is 0 Å². The van der Waals surface area contributed by atoms with E-state index in [4.69, 9.17) is 0 Å². The first-order valence-electron chi connectivity index (χ1n) is 36.9. The lowest BCUT2D eigenvalue weighted by Crippen LogP contribution is -2.53. The predicted molar refractivity (Wildman–Crippen MR) is 357 cm³/mol. The number of aliphatic hydroxyl groups excluding tert-OH is 4. The Hall–Kier alpha value is -1.47. The minimum Gasteiger partial charge on any atom is -0.394 e. The third-order valence-corrected chi connectivity index (χ3v) is 17.6. The van der Waals surface area contributed by atoms with Gasteiger partial charge in [-0.15, -0.1) is 0 Å². The lowest BCUT2D eigenvalue weighted by Gasteiger charge is -2.27. The normalized spacial score (nSPS) is 13.6. The lowest BCUT2D eigenvalue weighted by molar-refractivity contribution is -0.132. The van der Waals surface area contributed by atoms with E-state index >= 15 is 0 Å². The van der Waals surface area contributed by atoms with E-state index in [0.717, 1.165) is 51.4 Å². The molecule has 0 aromatic rings. The van der Waals surface area contributed by atoms with Gasteiger partial charge in [-0.1, -0.05) is 378 Å². The fourth-order valence-corrected chi connectivity index (χ4v) is 11.9. The van der Waals surface area contributed by atoms with Crippen LogP contribution in [0.25, 0.3) is 0 Å². The molecule has 0 aliphatic rings. The molecular formula is C75H145NO5. The Morgan fingerprint density at radius 1 is 0.296 bits per heavy atom. The van der Waals surface area contributed by atoms with Crippen LogP contribution in [0.15, 0.2) is 36.5 Å². The SMILES string of the molecule is CCCCCCCCCCCCCCCC/C=C/CC/C=C/CC/C=C/CCCC(O)C(O)C(CO)NC(=O)C(O)CCCCCCCCCCCCCCCCCCCCCCCCCCCCCCCCCCCCCCCC. The van der Waals surface area contributed by atoms with Crippen LogP contribution in [0, 0.1) is 0 Å². The van der Waals surface area contributed by atoms with Crippen LogP contribution in [0.3, 0.4) is 0 Å². The molecule has 0 radical (unpaired) electrons. The molecule has 4 atom stereocenters. The largest absolute Gasteiger partial charge is 0.394 e. The van der Waals surface area contributed by atoms with Crippen molar-refractivity contribution >= 4 is 5.91 Å². The molecule has 0 heterocycles. The molecule has 0 saturated carbocycles. The summed E-state index contributed by atoms with van der Waals surface area (Å²) in [6, 6.07) is -1.01. The highest BCUT2D eigenvalue weighted by Crippen LogP contribution is 2.20. The van der Waals surface area contributed by atoms with Gasteiger partial charge in [-0.25, -0.2) is 0 Å². The van der Waals surface area contributed by atoms with E-state index in [2.05, 4.69) is 55.6 Å². The average Bonchev–Trinajstić information content (AvgIpc) is 3.47. The molecule has 0 rings (SSSR count). The highest BCUT2D eigenvalue weighted by Gasteiger charge is 2.28. The van der Waals surface area contributed by atoms with E-state index in [-0.39, 0.29) is 0 Å². The zero-order chi connectivity index (χ0) is 58.7. The summed E-state index contributed by atoms with van der Waals surface area (Å²) < 4.78 is 0. The number of unbranched alkanes of at least 4 members (excludes halogenated alkanes) is 54. The van der Waals surface area contributed by atoms with Gasteiger partial charge in [0.15, 0.2) is 0 Å². The van der Waals surface area contributed by atoms with Crippen molar-refractivity contribution in [3.05, 3.63) is 36.5 Å². The van der Waals surface area contributed by atoms with Crippen molar-refractivity contribution in [3.63, 3.8) is 0 Å². The Labute approximate surface area is 507 Å². The number of hydrogen-bond donors (Lipinski definition) is 5. The minimum atomic E-state index is -1.29. The molecule has 0 fully saturated rings. The summed E-state index contributed by atoms with van der Waals surface area (Å²) in [5, 5.41) is 44.2. The second-order valence-corrected chi connectivity index (χ2v) is 25.6. The van der Waals surface area contributed by atoms with Gasteiger partial charge in [0, 0.05) is 0 Å². The maximum atomic E-state index is 12.7. The Balaban J connectivity index is 3.55. The van der Waals surface area contributed by atoms with Crippen LogP contribution in [-0.2, 0) is 4.79 Å².